The number of fused-ring (bicyclic) bond motifs is 1. The minimum absolute atomic E-state index is 0. The number of rotatable bonds is 2. The fourth-order valence-corrected chi connectivity index (χ4v) is 3.07. The molecule has 1 aromatic rings. The lowest BCUT2D eigenvalue weighted by atomic mass is 9.96. The zero-order valence-corrected chi connectivity index (χ0v) is 15.0. The van der Waals surface area contributed by atoms with Crippen molar-refractivity contribution in [3.8, 4) is 0 Å². The van der Waals surface area contributed by atoms with Crippen LogP contribution in [0.15, 0.2) is 9.52 Å². The largest absolute Gasteiger partial charge is 0.370 e. The number of piperidine rings is 1. The number of aryl methyl sites for hydroxylation is 1. The van der Waals surface area contributed by atoms with Crippen molar-refractivity contribution in [2.45, 2.75) is 52.0 Å². The van der Waals surface area contributed by atoms with Crippen LogP contribution >= 0.6 is 24.0 Å². The number of aromatic nitrogens is 1. The number of halogens is 1. The van der Waals surface area contributed by atoms with Crippen molar-refractivity contribution in [1.29, 1.82) is 0 Å². The Bertz CT molecular complexity index is 492. The number of likely N-dealkylation sites (tertiary alicyclic amines) is 1. The van der Waals surface area contributed by atoms with Gasteiger partial charge in [-0.15, -0.1) is 24.0 Å². The van der Waals surface area contributed by atoms with E-state index in [1.165, 1.54) is 31.2 Å². The Morgan fingerprint density at radius 3 is 2.81 bits per heavy atom. The van der Waals surface area contributed by atoms with Crippen molar-refractivity contribution in [1.82, 2.24) is 10.1 Å². The van der Waals surface area contributed by atoms with E-state index in [1.54, 1.807) is 0 Å². The van der Waals surface area contributed by atoms with Crippen molar-refractivity contribution in [2.24, 2.45) is 16.6 Å². The molecule has 0 unspecified atom stereocenters. The summed E-state index contributed by atoms with van der Waals surface area (Å²) in [5.41, 5.74) is 8.36. The molecule has 1 fully saturated rings. The molecule has 0 bridgehead atoms. The molecule has 1 aliphatic heterocycles. The van der Waals surface area contributed by atoms with Crippen LogP contribution in [0.1, 0.15) is 49.6 Å². The maximum Gasteiger partial charge on any atom is 0.191 e. The summed E-state index contributed by atoms with van der Waals surface area (Å²) in [6.45, 7) is 4.89. The third-order valence-electron chi connectivity index (χ3n) is 4.53. The average molecular weight is 404 g/mol. The van der Waals surface area contributed by atoms with Crippen LogP contribution in [0, 0.1) is 5.92 Å². The van der Waals surface area contributed by atoms with Gasteiger partial charge in [-0.2, -0.15) is 0 Å². The Hall–Kier alpha value is -0.790. The molecule has 0 aromatic carbocycles. The van der Waals surface area contributed by atoms with Crippen LogP contribution in [0.25, 0.3) is 0 Å². The summed E-state index contributed by atoms with van der Waals surface area (Å²) in [4.78, 5) is 6.71. The highest BCUT2D eigenvalue weighted by Crippen LogP contribution is 2.24. The molecular formula is C15H25IN4O. The van der Waals surface area contributed by atoms with Crippen molar-refractivity contribution in [3.63, 3.8) is 0 Å². The molecule has 3 rings (SSSR count). The van der Waals surface area contributed by atoms with E-state index in [1.807, 2.05) is 0 Å². The van der Waals surface area contributed by atoms with E-state index in [2.05, 4.69) is 22.0 Å². The molecule has 21 heavy (non-hydrogen) atoms. The van der Waals surface area contributed by atoms with Crippen molar-refractivity contribution in [3.05, 3.63) is 17.0 Å². The van der Waals surface area contributed by atoms with Crippen LogP contribution in [0.4, 0.5) is 0 Å². The van der Waals surface area contributed by atoms with Gasteiger partial charge in [-0.1, -0.05) is 12.1 Å². The van der Waals surface area contributed by atoms with Gasteiger partial charge in [0.25, 0.3) is 0 Å². The van der Waals surface area contributed by atoms with Crippen molar-refractivity contribution < 1.29 is 4.52 Å². The summed E-state index contributed by atoms with van der Waals surface area (Å²) < 4.78 is 5.41. The molecule has 118 valence electrons. The number of nitrogens with two attached hydrogens (primary N) is 1. The number of hydrogen-bond acceptors (Lipinski definition) is 3. The van der Waals surface area contributed by atoms with Gasteiger partial charge in [0.1, 0.15) is 11.5 Å². The molecule has 5 nitrogen and oxygen atoms in total. The van der Waals surface area contributed by atoms with Gasteiger partial charge in [-0.25, -0.2) is 4.99 Å². The summed E-state index contributed by atoms with van der Waals surface area (Å²) in [5, 5.41) is 4.17. The molecular weight excluding hydrogens is 379 g/mol. The van der Waals surface area contributed by atoms with Gasteiger partial charge in [0.15, 0.2) is 5.96 Å². The third-order valence-corrected chi connectivity index (χ3v) is 4.53. The zero-order chi connectivity index (χ0) is 13.9. The standard InChI is InChI=1S/C15H24N4O.HI/c1-11-6-8-19(9-7-11)15(16)17-10-13-12-4-2-3-5-14(12)20-18-13;/h11H,2-10H2,1H3,(H2,16,17);1H. The SMILES string of the molecule is CC1CCN(C(N)=NCc2noc3c2CCCC3)CC1.I. The fourth-order valence-electron chi connectivity index (χ4n) is 3.07. The molecule has 1 aliphatic carbocycles. The predicted octanol–water partition coefficient (Wildman–Crippen LogP) is 2.72. The smallest absolute Gasteiger partial charge is 0.191 e. The summed E-state index contributed by atoms with van der Waals surface area (Å²) in [6, 6.07) is 0. The Morgan fingerprint density at radius 1 is 1.33 bits per heavy atom. The molecule has 0 spiro atoms. The zero-order valence-electron chi connectivity index (χ0n) is 12.7. The lowest BCUT2D eigenvalue weighted by Crippen LogP contribution is -2.42. The van der Waals surface area contributed by atoms with Crippen molar-refractivity contribution >= 4 is 29.9 Å². The maximum atomic E-state index is 6.10. The van der Waals surface area contributed by atoms with E-state index in [0.717, 1.165) is 43.3 Å². The van der Waals surface area contributed by atoms with Crippen LogP contribution in [0.3, 0.4) is 0 Å². The molecule has 0 saturated carbocycles. The molecule has 0 amide bonds. The van der Waals surface area contributed by atoms with Gasteiger partial charge in [0.05, 0.1) is 6.54 Å². The molecule has 1 saturated heterocycles. The molecule has 2 N–H and O–H groups in total. The van der Waals surface area contributed by atoms with Crippen LogP contribution in [-0.4, -0.2) is 29.1 Å². The second-order valence-corrected chi connectivity index (χ2v) is 6.08. The Balaban J connectivity index is 0.00000161. The second kappa shape index (κ2) is 7.47. The first-order valence-electron chi connectivity index (χ1n) is 7.75. The first-order valence-corrected chi connectivity index (χ1v) is 7.75. The van der Waals surface area contributed by atoms with E-state index in [0.29, 0.717) is 12.5 Å². The van der Waals surface area contributed by atoms with Crippen LogP contribution in [0.5, 0.6) is 0 Å². The molecule has 2 heterocycles. The highest BCUT2D eigenvalue weighted by atomic mass is 127. The van der Waals surface area contributed by atoms with Gasteiger partial charge in [0.2, 0.25) is 0 Å². The molecule has 0 radical (unpaired) electrons. The maximum absolute atomic E-state index is 6.10. The minimum atomic E-state index is 0. The molecule has 2 aliphatic rings. The second-order valence-electron chi connectivity index (χ2n) is 6.08. The van der Waals surface area contributed by atoms with Gasteiger partial charge in [0, 0.05) is 25.1 Å². The Morgan fingerprint density at radius 2 is 2.05 bits per heavy atom. The molecule has 1 aromatic heterocycles. The first kappa shape index (κ1) is 16.6. The van der Waals surface area contributed by atoms with Gasteiger partial charge in [-0.3, -0.25) is 0 Å². The summed E-state index contributed by atoms with van der Waals surface area (Å²) in [6.07, 6.45) is 6.94. The first-order chi connectivity index (χ1) is 9.74. The van der Waals surface area contributed by atoms with Crippen LogP contribution < -0.4 is 5.73 Å². The van der Waals surface area contributed by atoms with E-state index < -0.39 is 0 Å². The van der Waals surface area contributed by atoms with Gasteiger partial charge in [-0.05, 0) is 38.0 Å². The monoisotopic (exact) mass is 404 g/mol. The lowest BCUT2D eigenvalue weighted by Gasteiger charge is -2.30. The van der Waals surface area contributed by atoms with E-state index >= 15 is 0 Å². The number of aliphatic imine (C=N–C) groups is 1. The van der Waals surface area contributed by atoms with E-state index in [-0.39, 0.29) is 24.0 Å². The summed E-state index contributed by atoms with van der Waals surface area (Å²) >= 11 is 0. The fraction of sp³-hybridized carbons (Fsp3) is 0.733. The number of nitrogens with zero attached hydrogens (tertiary/aromatic N) is 3. The molecule has 6 heteroatoms. The summed E-state index contributed by atoms with van der Waals surface area (Å²) in [5.74, 6) is 2.53. The minimum Gasteiger partial charge on any atom is -0.370 e. The van der Waals surface area contributed by atoms with Crippen LogP contribution in [-0.2, 0) is 19.4 Å². The normalized spacial score (nSPS) is 20.0. The Kier molecular flexibility index (Phi) is 5.89. The third kappa shape index (κ3) is 3.90. The van der Waals surface area contributed by atoms with E-state index in [9.17, 15) is 0 Å². The summed E-state index contributed by atoms with van der Waals surface area (Å²) in [7, 11) is 0. The highest BCUT2D eigenvalue weighted by molar-refractivity contribution is 14.0. The van der Waals surface area contributed by atoms with Crippen LogP contribution in [0.2, 0.25) is 0 Å². The topological polar surface area (TPSA) is 67.7 Å². The van der Waals surface area contributed by atoms with Gasteiger partial charge < -0.3 is 15.2 Å². The quantitative estimate of drug-likeness (QED) is 0.468. The Labute approximate surface area is 143 Å². The van der Waals surface area contributed by atoms with Gasteiger partial charge >= 0.3 is 0 Å². The highest BCUT2D eigenvalue weighted by Gasteiger charge is 2.20. The van der Waals surface area contributed by atoms with E-state index in [4.69, 9.17) is 10.3 Å². The average Bonchev–Trinajstić information content (AvgIpc) is 2.89. The molecule has 0 atom stereocenters. The predicted molar refractivity (Wildman–Crippen MR) is 93.9 cm³/mol. The lowest BCUT2D eigenvalue weighted by molar-refractivity contribution is 0.277. The van der Waals surface area contributed by atoms with Crippen molar-refractivity contribution in [2.75, 3.05) is 13.1 Å². The number of guanidine groups is 1. The number of hydrogen-bond donors (Lipinski definition) is 1.